The van der Waals surface area contributed by atoms with E-state index in [1.54, 1.807) is 12.1 Å². The smallest absolute Gasteiger partial charge is 0.277 e. The van der Waals surface area contributed by atoms with Gasteiger partial charge in [0.15, 0.2) is 0 Å². The lowest BCUT2D eigenvalue weighted by atomic mass is 9.81. The number of aromatic amines is 1. The summed E-state index contributed by atoms with van der Waals surface area (Å²) in [7, 11) is 0. The third-order valence-electron chi connectivity index (χ3n) is 5.71. The molecule has 0 bridgehead atoms. The molecule has 1 aromatic heterocycles. The van der Waals surface area contributed by atoms with Crippen molar-refractivity contribution in [3.8, 4) is 22.4 Å². The molecular formula is C23H18N2O2. The van der Waals surface area contributed by atoms with Gasteiger partial charge >= 0.3 is 0 Å². The summed E-state index contributed by atoms with van der Waals surface area (Å²) >= 11 is 0. The van der Waals surface area contributed by atoms with Gasteiger partial charge in [0, 0.05) is 27.9 Å². The molecule has 4 heteroatoms. The number of nitrogens with one attached hydrogen (secondary N) is 1. The van der Waals surface area contributed by atoms with Crippen LogP contribution in [0.4, 0.5) is 5.69 Å². The minimum absolute atomic E-state index is 0.120. The molecule has 4 nitrogen and oxygen atoms in total. The van der Waals surface area contributed by atoms with E-state index in [0.717, 1.165) is 22.2 Å². The number of nitrogens with zero attached hydrogens (tertiary/aromatic N) is 1. The summed E-state index contributed by atoms with van der Waals surface area (Å²) in [4.78, 5) is 14.7. The largest absolute Gasteiger partial charge is 0.354 e. The van der Waals surface area contributed by atoms with E-state index in [2.05, 4.69) is 49.2 Å². The molecule has 0 saturated heterocycles. The van der Waals surface area contributed by atoms with Crippen LogP contribution < -0.4 is 0 Å². The fourth-order valence-electron chi connectivity index (χ4n) is 4.47. The van der Waals surface area contributed by atoms with Crippen LogP contribution in [0.3, 0.4) is 0 Å². The van der Waals surface area contributed by atoms with Crippen LogP contribution in [-0.4, -0.2) is 9.91 Å². The number of hydrogen-bond donors (Lipinski definition) is 1. The Balaban J connectivity index is 1.79. The maximum Gasteiger partial charge on any atom is 0.277 e. The van der Waals surface area contributed by atoms with Gasteiger partial charge in [-0.25, -0.2) is 0 Å². The minimum atomic E-state index is -0.319. The first-order chi connectivity index (χ1) is 13.0. The quantitative estimate of drug-likeness (QED) is 0.352. The van der Waals surface area contributed by atoms with Gasteiger partial charge in [0.1, 0.15) is 0 Å². The fourth-order valence-corrected chi connectivity index (χ4v) is 4.47. The molecule has 0 fully saturated rings. The highest BCUT2D eigenvalue weighted by Crippen LogP contribution is 2.51. The number of rotatable bonds is 2. The highest BCUT2D eigenvalue weighted by molar-refractivity contribution is 5.99. The lowest BCUT2D eigenvalue weighted by Crippen LogP contribution is -2.14. The van der Waals surface area contributed by atoms with Crippen LogP contribution >= 0.6 is 0 Å². The van der Waals surface area contributed by atoms with Crippen molar-refractivity contribution in [2.45, 2.75) is 19.3 Å². The molecule has 0 spiro atoms. The average molecular weight is 354 g/mol. The molecule has 4 aromatic rings. The zero-order valence-corrected chi connectivity index (χ0v) is 15.1. The normalized spacial score (nSPS) is 14.1. The van der Waals surface area contributed by atoms with E-state index in [-0.39, 0.29) is 16.0 Å². The van der Waals surface area contributed by atoms with Crippen molar-refractivity contribution in [2.75, 3.05) is 0 Å². The average Bonchev–Trinajstić information content (AvgIpc) is 3.16. The van der Waals surface area contributed by atoms with Gasteiger partial charge in [0.25, 0.3) is 5.69 Å². The maximum atomic E-state index is 11.4. The summed E-state index contributed by atoms with van der Waals surface area (Å²) in [6, 6.07) is 21.5. The Morgan fingerprint density at radius 2 is 1.63 bits per heavy atom. The Morgan fingerprint density at radius 3 is 2.41 bits per heavy atom. The van der Waals surface area contributed by atoms with E-state index in [9.17, 15) is 10.1 Å². The van der Waals surface area contributed by atoms with E-state index in [1.807, 2.05) is 24.3 Å². The first-order valence-electron chi connectivity index (χ1n) is 8.98. The van der Waals surface area contributed by atoms with Gasteiger partial charge in [0.05, 0.1) is 16.2 Å². The Hall–Kier alpha value is -3.40. The Kier molecular flexibility index (Phi) is 3.11. The van der Waals surface area contributed by atoms with Crippen LogP contribution in [0.5, 0.6) is 0 Å². The molecule has 0 unspecified atom stereocenters. The summed E-state index contributed by atoms with van der Waals surface area (Å²) in [6.45, 7) is 4.48. The lowest BCUT2D eigenvalue weighted by Gasteiger charge is -2.21. The van der Waals surface area contributed by atoms with Crippen LogP contribution in [0.25, 0.3) is 33.3 Å². The molecule has 0 atom stereocenters. The predicted octanol–water partition coefficient (Wildman–Crippen LogP) is 6.05. The Morgan fingerprint density at radius 1 is 0.926 bits per heavy atom. The van der Waals surface area contributed by atoms with E-state index in [0.29, 0.717) is 5.56 Å². The fraction of sp³-hybridized carbons (Fsp3) is 0.130. The third kappa shape index (κ3) is 2.10. The zero-order chi connectivity index (χ0) is 18.8. The summed E-state index contributed by atoms with van der Waals surface area (Å²) in [5, 5.41) is 12.6. The predicted molar refractivity (Wildman–Crippen MR) is 108 cm³/mol. The molecule has 5 rings (SSSR count). The number of para-hydroxylation sites is 1. The number of nitro benzene ring substituents is 1. The monoisotopic (exact) mass is 354 g/mol. The van der Waals surface area contributed by atoms with Crippen molar-refractivity contribution < 1.29 is 4.92 Å². The van der Waals surface area contributed by atoms with Crippen molar-refractivity contribution in [3.63, 3.8) is 0 Å². The van der Waals surface area contributed by atoms with Crippen LogP contribution in [-0.2, 0) is 5.41 Å². The standard InChI is InChI=1S/C23H18N2O2/c1-23(2)18-9-5-3-8-16(18)22-21(23)17-13-14(11-12-19(17)24-22)15-7-4-6-10-20(15)25(26)27/h3-13,24H,1-2H3. The van der Waals surface area contributed by atoms with Gasteiger partial charge in [-0.2, -0.15) is 0 Å². The molecule has 1 aliphatic carbocycles. The number of benzene rings is 3. The molecule has 0 saturated carbocycles. The Labute approximate surface area is 156 Å². The topological polar surface area (TPSA) is 58.9 Å². The minimum Gasteiger partial charge on any atom is -0.354 e. The Bertz CT molecular complexity index is 1230. The highest BCUT2D eigenvalue weighted by Gasteiger charge is 2.38. The maximum absolute atomic E-state index is 11.4. The van der Waals surface area contributed by atoms with Gasteiger partial charge in [-0.1, -0.05) is 56.3 Å². The second kappa shape index (κ2) is 5.30. The van der Waals surface area contributed by atoms with Crippen LogP contribution in [0.15, 0.2) is 66.7 Å². The van der Waals surface area contributed by atoms with Gasteiger partial charge in [-0.15, -0.1) is 0 Å². The van der Waals surface area contributed by atoms with Crippen molar-refractivity contribution in [2.24, 2.45) is 0 Å². The number of hydrogen-bond acceptors (Lipinski definition) is 2. The molecule has 1 aliphatic rings. The SMILES string of the molecule is CC1(C)c2ccccc2-c2[nH]c3ccc(-c4ccccc4[N+](=O)[O-])cc3c21. The summed E-state index contributed by atoms with van der Waals surface area (Å²) in [5.74, 6) is 0. The van der Waals surface area contributed by atoms with Gasteiger partial charge in [-0.05, 0) is 34.9 Å². The van der Waals surface area contributed by atoms with Gasteiger partial charge in [-0.3, -0.25) is 10.1 Å². The van der Waals surface area contributed by atoms with E-state index in [4.69, 9.17) is 0 Å². The summed E-state index contributed by atoms with van der Waals surface area (Å²) in [5.41, 5.74) is 7.55. The molecule has 0 aliphatic heterocycles. The molecule has 1 N–H and O–H groups in total. The van der Waals surface area contributed by atoms with Crippen molar-refractivity contribution >= 4 is 16.6 Å². The van der Waals surface area contributed by atoms with Crippen LogP contribution in [0.1, 0.15) is 25.0 Å². The van der Waals surface area contributed by atoms with Gasteiger partial charge in [0.2, 0.25) is 0 Å². The first-order valence-corrected chi connectivity index (χ1v) is 8.98. The van der Waals surface area contributed by atoms with Crippen molar-refractivity contribution in [3.05, 3.63) is 88.0 Å². The third-order valence-corrected chi connectivity index (χ3v) is 5.71. The van der Waals surface area contributed by atoms with E-state index < -0.39 is 0 Å². The van der Waals surface area contributed by atoms with Crippen molar-refractivity contribution in [1.29, 1.82) is 0 Å². The summed E-state index contributed by atoms with van der Waals surface area (Å²) in [6.07, 6.45) is 0. The second-order valence-electron chi connectivity index (χ2n) is 7.58. The number of nitro groups is 1. The number of aromatic nitrogens is 1. The van der Waals surface area contributed by atoms with E-state index >= 15 is 0 Å². The summed E-state index contributed by atoms with van der Waals surface area (Å²) < 4.78 is 0. The van der Waals surface area contributed by atoms with Crippen LogP contribution in [0.2, 0.25) is 0 Å². The number of H-pyrrole nitrogens is 1. The molecule has 132 valence electrons. The second-order valence-corrected chi connectivity index (χ2v) is 7.58. The number of fused-ring (bicyclic) bond motifs is 5. The zero-order valence-electron chi connectivity index (χ0n) is 15.1. The molecule has 0 radical (unpaired) electrons. The molecule has 3 aromatic carbocycles. The van der Waals surface area contributed by atoms with E-state index in [1.165, 1.54) is 16.7 Å². The molecule has 1 heterocycles. The molecule has 0 amide bonds. The van der Waals surface area contributed by atoms with Gasteiger partial charge < -0.3 is 4.98 Å². The lowest BCUT2D eigenvalue weighted by molar-refractivity contribution is -0.384. The molecule has 27 heavy (non-hydrogen) atoms. The first kappa shape index (κ1) is 15.8. The van der Waals surface area contributed by atoms with Crippen molar-refractivity contribution in [1.82, 2.24) is 4.98 Å². The molecular weight excluding hydrogens is 336 g/mol. The highest BCUT2D eigenvalue weighted by atomic mass is 16.6. The van der Waals surface area contributed by atoms with Crippen LogP contribution in [0, 0.1) is 10.1 Å².